The molecule has 1 amide bonds. The van der Waals surface area contributed by atoms with Gasteiger partial charge in [0.15, 0.2) is 0 Å². The molecule has 1 heterocycles. The number of amides is 1. The molecule has 1 aliphatic rings. The molecular formula is C27H25F3N4O3S. The summed E-state index contributed by atoms with van der Waals surface area (Å²) < 4.78 is 58.1. The number of nitrogens with one attached hydrogen (secondary N) is 1. The fourth-order valence-electron chi connectivity index (χ4n) is 4.25. The number of nitriles is 1. The molecule has 1 atom stereocenters. The van der Waals surface area contributed by atoms with Crippen LogP contribution in [0.25, 0.3) is 11.1 Å². The van der Waals surface area contributed by atoms with Crippen LogP contribution in [0.15, 0.2) is 68.8 Å². The van der Waals surface area contributed by atoms with Crippen LogP contribution in [0.3, 0.4) is 0 Å². The van der Waals surface area contributed by atoms with E-state index in [-0.39, 0.29) is 35.0 Å². The molecule has 0 bridgehead atoms. The average molecular weight is 543 g/mol. The summed E-state index contributed by atoms with van der Waals surface area (Å²) in [4.78, 5) is 26.9. The Morgan fingerprint density at radius 2 is 1.89 bits per heavy atom. The summed E-state index contributed by atoms with van der Waals surface area (Å²) in [7, 11) is -2.84. The van der Waals surface area contributed by atoms with E-state index in [9.17, 15) is 27.0 Å². The van der Waals surface area contributed by atoms with Gasteiger partial charge >= 0.3 is 6.18 Å². The first-order chi connectivity index (χ1) is 18.0. The van der Waals surface area contributed by atoms with Crippen molar-refractivity contribution in [2.45, 2.75) is 50.3 Å². The van der Waals surface area contributed by atoms with Gasteiger partial charge < -0.3 is 9.88 Å². The summed E-state index contributed by atoms with van der Waals surface area (Å²) in [6, 6.07) is 11.1. The van der Waals surface area contributed by atoms with Crippen LogP contribution >= 0.6 is 0 Å². The lowest BCUT2D eigenvalue weighted by atomic mass is 9.98. The van der Waals surface area contributed by atoms with Gasteiger partial charge in [0.25, 0.3) is 5.91 Å². The van der Waals surface area contributed by atoms with Gasteiger partial charge in [-0.3, -0.25) is 9.59 Å². The molecule has 1 unspecified atom stereocenters. The zero-order valence-electron chi connectivity index (χ0n) is 20.7. The molecule has 4 rings (SSSR count). The number of benzene rings is 2. The molecule has 1 fully saturated rings. The van der Waals surface area contributed by atoms with Gasteiger partial charge in [-0.2, -0.15) is 18.4 Å². The third-order valence-corrected chi connectivity index (χ3v) is 8.64. The summed E-state index contributed by atoms with van der Waals surface area (Å²) in [5.41, 5.74) is -0.351. The lowest BCUT2D eigenvalue weighted by molar-refractivity contribution is -0.137. The Hall–Kier alpha value is -3.91. The number of hydrogen-bond donors (Lipinski definition) is 1. The zero-order chi connectivity index (χ0) is 27.7. The molecule has 0 saturated heterocycles. The van der Waals surface area contributed by atoms with Crippen molar-refractivity contribution in [1.29, 1.82) is 5.26 Å². The summed E-state index contributed by atoms with van der Waals surface area (Å²) in [6.45, 7) is 3.39. The van der Waals surface area contributed by atoms with Gasteiger partial charge in [-0.05, 0) is 55.2 Å². The van der Waals surface area contributed by atoms with Crippen LogP contribution in [0, 0.1) is 18.4 Å². The van der Waals surface area contributed by atoms with Crippen molar-refractivity contribution in [1.82, 2.24) is 9.88 Å². The number of rotatable bonds is 7. The van der Waals surface area contributed by atoms with Gasteiger partial charge in [-0.15, -0.1) is 4.36 Å². The van der Waals surface area contributed by atoms with E-state index >= 15 is 0 Å². The quantitative estimate of drug-likeness (QED) is 0.402. The number of carbonyl (C=O) groups excluding carboxylic acids is 1. The highest BCUT2D eigenvalue weighted by Crippen LogP contribution is 2.38. The maximum absolute atomic E-state index is 13.4. The van der Waals surface area contributed by atoms with Crippen LogP contribution in [-0.4, -0.2) is 20.4 Å². The average Bonchev–Trinajstić information content (AvgIpc) is 3.73. The standard InChI is InChI=1S/C27H25F3N4O3S/c1-3-38(37,33-16-31)22-11-7-18(8-12-22)14-32-26(36)23-15-34(21-9-10-21)17(2)24(25(23)35)19-5-4-6-20(13-19)27(28,29)30/h4-8,11-13,15,21H,3,9-10,14H2,1-2H3,(H,32,36). The molecule has 38 heavy (non-hydrogen) atoms. The topological polar surface area (TPSA) is 104 Å². The molecule has 0 spiro atoms. The molecule has 7 nitrogen and oxygen atoms in total. The van der Waals surface area contributed by atoms with Gasteiger partial charge in [-0.1, -0.05) is 31.2 Å². The Kier molecular flexibility index (Phi) is 7.47. The number of carbonyl (C=O) groups is 1. The van der Waals surface area contributed by atoms with Crippen molar-refractivity contribution >= 4 is 15.6 Å². The highest BCUT2D eigenvalue weighted by molar-refractivity contribution is 7.93. The summed E-state index contributed by atoms with van der Waals surface area (Å²) in [5, 5.41) is 11.5. The Morgan fingerprint density at radius 3 is 2.47 bits per heavy atom. The SMILES string of the molecule is CCS(=O)(=NC#N)c1ccc(CNC(=O)c2cn(C3CC3)c(C)c(-c3cccc(C(F)(F)F)c3)c2=O)cc1. The van der Waals surface area contributed by atoms with E-state index < -0.39 is 32.8 Å². The van der Waals surface area contributed by atoms with Crippen LogP contribution in [0.1, 0.15) is 53.0 Å². The van der Waals surface area contributed by atoms with Crippen LogP contribution in [-0.2, 0) is 22.5 Å². The first-order valence-corrected chi connectivity index (χ1v) is 13.6. The van der Waals surface area contributed by atoms with Gasteiger partial charge in [0.05, 0.1) is 15.3 Å². The normalized spacial score (nSPS) is 14.8. The Bertz CT molecular complexity index is 1610. The van der Waals surface area contributed by atoms with Crippen LogP contribution in [0.4, 0.5) is 13.2 Å². The number of aromatic nitrogens is 1. The molecule has 198 valence electrons. The first-order valence-electron chi connectivity index (χ1n) is 11.9. The molecule has 1 saturated carbocycles. The van der Waals surface area contributed by atoms with Gasteiger partial charge in [-0.25, -0.2) is 4.21 Å². The maximum Gasteiger partial charge on any atom is 0.416 e. The van der Waals surface area contributed by atoms with Crippen molar-refractivity contribution in [3.63, 3.8) is 0 Å². The zero-order valence-corrected chi connectivity index (χ0v) is 21.5. The molecule has 1 N–H and O–H groups in total. The van der Waals surface area contributed by atoms with Gasteiger partial charge in [0, 0.05) is 40.7 Å². The molecule has 1 aliphatic carbocycles. The van der Waals surface area contributed by atoms with Gasteiger partial charge in [0.1, 0.15) is 5.56 Å². The van der Waals surface area contributed by atoms with Crippen molar-refractivity contribution in [2.24, 2.45) is 4.36 Å². The van der Waals surface area contributed by atoms with E-state index in [0.717, 1.165) is 25.0 Å². The molecule has 11 heteroatoms. The number of halogens is 3. The third kappa shape index (κ3) is 5.50. The molecule has 1 aromatic heterocycles. The first kappa shape index (κ1) is 27.1. The number of pyridine rings is 1. The minimum atomic E-state index is -4.57. The molecule has 0 radical (unpaired) electrons. The van der Waals surface area contributed by atoms with E-state index in [1.54, 1.807) is 48.9 Å². The smallest absolute Gasteiger partial charge is 0.348 e. The molecule has 0 aliphatic heterocycles. The van der Waals surface area contributed by atoms with Crippen molar-refractivity contribution < 1.29 is 22.2 Å². The summed E-state index contributed by atoms with van der Waals surface area (Å²) >= 11 is 0. The van der Waals surface area contributed by atoms with Crippen molar-refractivity contribution in [3.8, 4) is 17.3 Å². The van der Waals surface area contributed by atoms with E-state index in [1.165, 1.54) is 18.3 Å². The van der Waals surface area contributed by atoms with Crippen LogP contribution in [0.5, 0.6) is 0 Å². The summed E-state index contributed by atoms with van der Waals surface area (Å²) in [6.07, 6.45) is 0.184. The number of alkyl halides is 3. The van der Waals surface area contributed by atoms with Crippen LogP contribution in [0.2, 0.25) is 0 Å². The minimum absolute atomic E-state index is 0.0530. The summed E-state index contributed by atoms with van der Waals surface area (Å²) in [5.74, 6) is -0.482. The predicted octanol–water partition coefficient (Wildman–Crippen LogP) is 5.44. The third-order valence-electron chi connectivity index (χ3n) is 6.48. The number of nitrogens with zero attached hydrogens (tertiary/aromatic N) is 3. The Morgan fingerprint density at radius 1 is 1.21 bits per heavy atom. The lowest BCUT2D eigenvalue weighted by Crippen LogP contribution is -2.31. The number of hydrogen-bond acceptors (Lipinski definition) is 5. The monoisotopic (exact) mass is 542 g/mol. The lowest BCUT2D eigenvalue weighted by Gasteiger charge is -2.17. The largest absolute Gasteiger partial charge is 0.416 e. The van der Waals surface area contributed by atoms with Crippen LogP contribution < -0.4 is 10.7 Å². The second kappa shape index (κ2) is 10.5. The molecule has 3 aromatic rings. The second-order valence-electron chi connectivity index (χ2n) is 9.00. The van der Waals surface area contributed by atoms with E-state index in [0.29, 0.717) is 16.2 Å². The molecule has 2 aromatic carbocycles. The predicted molar refractivity (Wildman–Crippen MR) is 137 cm³/mol. The second-order valence-corrected chi connectivity index (χ2v) is 11.5. The fourth-order valence-corrected chi connectivity index (χ4v) is 5.52. The Balaban J connectivity index is 1.65. The van der Waals surface area contributed by atoms with Gasteiger partial charge in [0.2, 0.25) is 11.6 Å². The molecular weight excluding hydrogens is 517 g/mol. The van der Waals surface area contributed by atoms with E-state index in [4.69, 9.17) is 5.26 Å². The van der Waals surface area contributed by atoms with Crippen molar-refractivity contribution in [2.75, 3.05) is 5.75 Å². The highest BCUT2D eigenvalue weighted by atomic mass is 32.2. The maximum atomic E-state index is 13.4. The van der Waals surface area contributed by atoms with Crippen molar-refractivity contribution in [3.05, 3.63) is 87.3 Å². The minimum Gasteiger partial charge on any atom is -0.348 e. The Labute approximate surface area is 218 Å². The fraction of sp³-hybridized carbons (Fsp3) is 0.296. The van der Waals surface area contributed by atoms with E-state index in [1.807, 2.05) is 0 Å². The van der Waals surface area contributed by atoms with E-state index in [2.05, 4.69) is 9.68 Å². The highest BCUT2D eigenvalue weighted by Gasteiger charge is 2.32.